The Morgan fingerprint density at radius 3 is 2.71 bits per heavy atom. The summed E-state index contributed by atoms with van der Waals surface area (Å²) in [6.45, 7) is 4.66. The zero-order valence-corrected chi connectivity index (χ0v) is 21.7. The molecule has 1 aromatic carbocycles. The first-order valence-corrected chi connectivity index (χ1v) is 12.9. The lowest BCUT2D eigenvalue weighted by Gasteiger charge is -2.36. The van der Waals surface area contributed by atoms with Gasteiger partial charge in [0.2, 0.25) is 5.91 Å². The molecule has 1 aliphatic carbocycles. The van der Waals surface area contributed by atoms with Crippen LogP contribution in [0.4, 0.5) is 4.39 Å². The fourth-order valence-electron chi connectivity index (χ4n) is 4.88. The summed E-state index contributed by atoms with van der Waals surface area (Å²) in [6, 6.07) is 2.33. The molecule has 0 bridgehead atoms. The lowest BCUT2D eigenvalue weighted by Crippen LogP contribution is -2.55. The summed E-state index contributed by atoms with van der Waals surface area (Å²) in [5.74, 6) is -0.106. The maximum Gasteiger partial charge on any atom is 0.255 e. The molecule has 11 heteroatoms. The van der Waals surface area contributed by atoms with Crippen LogP contribution in [0.5, 0.6) is 11.5 Å². The van der Waals surface area contributed by atoms with E-state index in [9.17, 15) is 19.1 Å². The second-order valence-electron chi connectivity index (χ2n) is 9.94. The van der Waals surface area contributed by atoms with E-state index in [2.05, 4.69) is 20.3 Å². The molecule has 0 radical (unpaired) electrons. The Morgan fingerprint density at radius 2 is 2.03 bits per heavy atom. The molecule has 3 heterocycles. The van der Waals surface area contributed by atoms with Gasteiger partial charge in [0.1, 0.15) is 23.3 Å². The van der Waals surface area contributed by atoms with Crippen molar-refractivity contribution in [3.05, 3.63) is 35.5 Å². The van der Waals surface area contributed by atoms with Gasteiger partial charge in [0.25, 0.3) is 5.91 Å². The van der Waals surface area contributed by atoms with Crippen LogP contribution in [0.15, 0.2) is 18.5 Å². The van der Waals surface area contributed by atoms with Crippen molar-refractivity contribution in [2.45, 2.75) is 51.7 Å². The zero-order valence-electron chi connectivity index (χ0n) is 21.7. The van der Waals surface area contributed by atoms with Crippen LogP contribution in [0, 0.1) is 18.7 Å². The number of piperidine rings is 1. The van der Waals surface area contributed by atoms with E-state index in [4.69, 9.17) is 9.47 Å². The van der Waals surface area contributed by atoms with E-state index in [-0.39, 0.29) is 24.1 Å². The number of β-amino-alcohol motifs (C(OH)–C–C–N with tert-alkyl or cyclic N) is 1. The topological polar surface area (TPSA) is 130 Å². The van der Waals surface area contributed by atoms with E-state index in [1.165, 1.54) is 25.6 Å². The van der Waals surface area contributed by atoms with Crippen LogP contribution in [0.2, 0.25) is 0 Å². The number of H-pyrrole nitrogens is 1. The van der Waals surface area contributed by atoms with Gasteiger partial charge in [0.15, 0.2) is 11.6 Å². The van der Waals surface area contributed by atoms with Gasteiger partial charge in [-0.15, -0.1) is 0 Å². The third-order valence-electron chi connectivity index (χ3n) is 7.23. The monoisotopic (exact) mass is 525 g/mol. The number of aromatic amines is 1. The first kappa shape index (κ1) is 25.9. The second-order valence-corrected chi connectivity index (χ2v) is 9.94. The van der Waals surface area contributed by atoms with Crippen LogP contribution in [0.25, 0.3) is 22.3 Å². The van der Waals surface area contributed by atoms with E-state index in [0.717, 1.165) is 12.8 Å². The number of aryl methyl sites for hydroxylation is 1. The van der Waals surface area contributed by atoms with Crippen LogP contribution in [0.1, 0.15) is 48.7 Å². The van der Waals surface area contributed by atoms with Crippen molar-refractivity contribution in [2.24, 2.45) is 5.92 Å². The van der Waals surface area contributed by atoms with Crippen molar-refractivity contribution in [3.8, 4) is 22.8 Å². The molecule has 1 aliphatic heterocycles. The molecule has 38 heavy (non-hydrogen) atoms. The molecule has 0 spiro atoms. The Morgan fingerprint density at radius 1 is 1.24 bits per heavy atom. The maximum absolute atomic E-state index is 14.6. The number of ether oxygens (including phenoxy) is 2. The molecule has 202 valence electrons. The summed E-state index contributed by atoms with van der Waals surface area (Å²) >= 11 is 0. The summed E-state index contributed by atoms with van der Waals surface area (Å²) in [4.78, 5) is 39.1. The maximum atomic E-state index is 14.6. The summed E-state index contributed by atoms with van der Waals surface area (Å²) in [6.07, 6.45) is 3.46. The van der Waals surface area contributed by atoms with Crippen molar-refractivity contribution >= 4 is 22.8 Å². The van der Waals surface area contributed by atoms with Gasteiger partial charge in [-0.1, -0.05) is 6.92 Å². The highest BCUT2D eigenvalue weighted by Crippen LogP contribution is 2.39. The van der Waals surface area contributed by atoms with Crippen molar-refractivity contribution in [1.29, 1.82) is 0 Å². The van der Waals surface area contributed by atoms with Crippen LogP contribution in [0.3, 0.4) is 0 Å². The molecule has 2 atom stereocenters. The fourth-order valence-corrected chi connectivity index (χ4v) is 4.88. The normalized spacial score (nSPS) is 19.4. The minimum atomic E-state index is -0.878. The number of aliphatic hydroxyl groups is 1. The number of benzene rings is 1. The van der Waals surface area contributed by atoms with Gasteiger partial charge >= 0.3 is 0 Å². The number of likely N-dealkylation sites (tertiary alicyclic amines) is 1. The summed E-state index contributed by atoms with van der Waals surface area (Å²) < 4.78 is 25.8. The predicted octanol–water partition coefficient (Wildman–Crippen LogP) is 2.97. The molecule has 2 amide bonds. The molecule has 3 N–H and O–H groups in total. The largest absolute Gasteiger partial charge is 0.494 e. The molecule has 3 aromatic rings. The van der Waals surface area contributed by atoms with Gasteiger partial charge in [0.05, 0.1) is 36.9 Å². The number of nitrogens with zero attached hydrogens (tertiary/aromatic N) is 3. The number of aromatic nitrogens is 3. The lowest BCUT2D eigenvalue weighted by molar-refractivity contribution is -0.134. The molecular formula is C27H32FN5O5. The molecule has 2 fully saturated rings. The first-order valence-electron chi connectivity index (χ1n) is 12.9. The number of aliphatic hydroxyl groups excluding tert-OH is 1. The molecule has 5 rings (SSSR count). The average Bonchev–Trinajstić information content (AvgIpc) is 3.67. The Balaban J connectivity index is 1.46. The quantitative estimate of drug-likeness (QED) is 0.412. The van der Waals surface area contributed by atoms with Gasteiger partial charge in [0, 0.05) is 36.8 Å². The first-order chi connectivity index (χ1) is 18.3. The standard InChI is InChI=1S/C27H32FN5O5/c1-4-22(35)33-8-7-18(19(34)11-33)32-27(36)23-14(2)31-26-24(29-13-30-25(23)26)16-9-21(37-3)17(28)10-20(16)38-12-15-5-6-15/h9-10,13,15,18-19,31,34H,4-8,11-12H2,1-3H3,(H,32,36)/t18-,19+/m1/s1. The number of fused-ring (bicyclic) bond motifs is 1. The lowest BCUT2D eigenvalue weighted by atomic mass is 10.0. The van der Waals surface area contributed by atoms with Crippen LogP contribution < -0.4 is 14.8 Å². The molecular weight excluding hydrogens is 493 g/mol. The number of amides is 2. The number of nitrogens with one attached hydrogen (secondary N) is 2. The minimum absolute atomic E-state index is 0.0246. The Kier molecular flexibility index (Phi) is 7.20. The van der Waals surface area contributed by atoms with E-state index in [1.54, 1.807) is 18.7 Å². The van der Waals surface area contributed by atoms with E-state index in [1.807, 2.05) is 0 Å². The van der Waals surface area contributed by atoms with Crippen LogP contribution >= 0.6 is 0 Å². The average molecular weight is 526 g/mol. The highest BCUT2D eigenvalue weighted by molar-refractivity contribution is 6.09. The number of hydrogen-bond donors (Lipinski definition) is 3. The van der Waals surface area contributed by atoms with Crippen molar-refractivity contribution in [3.63, 3.8) is 0 Å². The molecule has 0 unspecified atom stereocenters. The van der Waals surface area contributed by atoms with Gasteiger partial charge in [-0.2, -0.15) is 0 Å². The SMILES string of the molecule is CCC(=O)N1CC[C@@H](NC(=O)c2c(C)[nH]c3c(-c4cc(OC)c(F)cc4OCC4CC4)ncnc23)[C@@H](O)C1. The summed E-state index contributed by atoms with van der Waals surface area (Å²) in [5, 5.41) is 13.5. The third kappa shape index (κ3) is 5.02. The Bertz CT molecular complexity index is 1370. The summed E-state index contributed by atoms with van der Waals surface area (Å²) in [7, 11) is 1.39. The predicted molar refractivity (Wildman–Crippen MR) is 138 cm³/mol. The van der Waals surface area contributed by atoms with E-state index in [0.29, 0.717) is 71.2 Å². The smallest absolute Gasteiger partial charge is 0.255 e. The molecule has 1 saturated heterocycles. The van der Waals surface area contributed by atoms with Crippen LogP contribution in [-0.4, -0.2) is 75.7 Å². The number of hydrogen-bond acceptors (Lipinski definition) is 7. The van der Waals surface area contributed by atoms with Gasteiger partial charge in [-0.3, -0.25) is 9.59 Å². The van der Waals surface area contributed by atoms with Crippen molar-refractivity contribution in [2.75, 3.05) is 26.8 Å². The number of carbonyl (C=O) groups is 2. The highest BCUT2D eigenvalue weighted by Gasteiger charge is 2.32. The molecule has 2 aliphatic rings. The van der Waals surface area contributed by atoms with Gasteiger partial charge in [-0.25, -0.2) is 14.4 Å². The third-order valence-corrected chi connectivity index (χ3v) is 7.23. The van der Waals surface area contributed by atoms with E-state index >= 15 is 0 Å². The number of rotatable bonds is 8. The summed E-state index contributed by atoms with van der Waals surface area (Å²) in [5.41, 5.74) is 2.78. The molecule has 2 aromatic heterocycles. The second kappa shape index (κ2) is 10.6. The molecule has 1 saturated carbocycles. The number of methoxy groups -OCH3 is 1. The Labute approximate surface area is 219 Å². The van der Waals surface area contributed by atoms with Gasteiger partial charge in [-0.05, 0) is 38.2 Å². The molecule has 10 nitrogen and oxygen atoms in total. The van der Waals surface area contributed by atoms with Crippen molar-refractivity contribution < 1.29 is 28.6 Å². The van der Waals surface area contributed by atoms with E-state index < -0.39 is 18.0 Å². The van der Waals surface area contributed by atoms with Crippen LogP contribution in [-0.2, 0) is 4.79 Å². The number of halogens is 1. The van der Waals surface area contributed by atoms with Crippen molar-refractivity contribution in [1.82, 2.24) is 25.2 Å². The Hall–Kier alpha value is -3.73. The number of carbonyl (C=O) groups excluding carboxylic acids is 2. The fraction of sp³-hybridized carbons (Fsp3) is 0.481. The van der Waals surface area contributed by atoms with Gasteiger partial charge < -0.3 is 29.8 Å². The highest BCUT2D eigenvalue weighted by atomic mass is 19.1. The zero-order chi connectivity index (χ0) is 27.0. The minimum Gasteiger partial charge on any atom is -0.494 e.